The van der Waals surface area contributed by atoms with Gasteiger partial charge in [0.1, 0.15) is 5.75 Å². The maximum Gasteiger partial charge on any atom is 0.237 e. The summed E-state index contributed by atoms with van der Waals surface area (Å²) in [5, 5.41) is 2.97. The minimum atomic E-state index is -0.448. The lowest BCUT2D eigenvalue weighted by Crippen LogP contribution is -2.47. The molecule has 2 unspecified atom stereocenters. The second-order valence-corrected chi connectivity index (χ2v) is 6.24. The van der Waals surface area contributed by atoms with Crippen molar-refractivity contribution < 1.29 is 9.53 Å². The molecule has 1 amide bonds. The SMILES string of the molecule is CCC(C)C(N)C(=O)NCC(C)(C)c1cccc(OC)c1.Cl. The molecule has 4 nitrogen and oxygen atoms in total. The Balaban J connectivity index is 0.00000441. The van der Waals surface area contributed by atoms with Crippen LogP contribution in [0.25, 0.3) is 0 Å². The highest BCUT2D eigenvalue weighted by molar-refractivity contribution is 5.85. The van der Waals surface area contributed by atoms with Gasteiger partial charge in [0.15, 0.2) is 0 Å². The smallest absolute Gasteiger partial charge is 0.237 e. The van der Waals surface area contributed by atoms with Crippen molar-refractivity contribution >= 4 is 18.3 Å². The fourth-order valence-corrected chi connectivity index (χ4v) is 2.08. The number of carbonyl (C=O) groups excluding carboxylic acids is 1. The molecule has 2 atom stereocenters. The van der Waals surface area contributed by atoms with Crippen LogP contribution in [0.1, 0.15) is 39.7 Å². The predicted molar refractivity (Wildman–Crippen MR) is 93.7 cm³/mol. The van der Waals surface area contributed by atoms with E-state index in [1.54, 1.807) is 7.11 Å². The number of amides is 1. The number of benzene rings is 1. The number of carbonyl (C=O) groups is 1. The van der Waals surface area contributed by atoms with Gasteiger partial charge in [-0.15, -0.1) is 12.4 Å². The Morgan fingerprint density at radius 2 is 2.05 bits per heavy atom. The van der Waals surface area contributed by atoms with Crippen LogP contribution in [-0.4, -0.2) is 25.6 Å². The third-order valence-corrected chi connectivity index (χ3v) is 4.12. The summed E-state index contributed by atoms with van der Waals surface area (Å²) in [7, 11) is 1.65. The zero-order valence-corrected chi connectivity index (χ0v) is 15.0. The van der Waals surface area contributed by atoms with Crippen LogP contribution in [0, 0.1) is 5.92 Å². The number of nitrogens with one attached hydrogen (secondary N) is 1. The summed E-state index contributed by atoms with van der Waals surface area (Å²) in [4.78, 5) is 12.1. The van der Waals surface area contributed by atoms with Crippen LogP contribution in [0.4, 0.5) is 0 Å². The van der Waals surface area contributed by atoms with E-state index in [0.29, 0.717) is 6.54 Å². The Hall–Kier alpha value is -1.26. The van der Waals surface area contributed by atoms with Gasteiger partial charge in [-0.3, -0.25) is 4.79 Å². The normalized spacial score (nSPS) is 13.7. The molecule has 0 aliphatic rings. The van der Waals surface area contributed by atoms with Gasteiger partial charge in [-0.05, 0) is 23.6 Å². The molecule has 1 rings (SSSR count). The fraction of sp³-hybridized carbons (Fsp3) is 0.588. The summed E-state index contributed by atoms with van der Waals surface area (Å²) in [5.74, 6) is 0.925. The van der Waals surface area contributed by atoms with Gasteiger partial charge < -0.3 is 15.8 Å². The minimum absolute atomic E-state index is 0. The first-order chi connectivity index (χ1) is 9.81. The number of hydrogen-bond donors (Lipinski definition) is 2. The highest BCUT2D eigenvalue weighted by atomic mass is 35.5. The molecule has 0 aromatic heterocycles. The largest absolute Gasteiger partial charge is 0.497 e. The Labute approximate surface area is 140 Å². The average Bonchev–Trinajstić information content (AvgIpc) is 2.51. The van der Waals surface area contributed by atoms with Crippen LogP contribution in [-0.2, 0) is 10.2 Å². The van der Waals surface area contributed by atoms with Gasteiger partial charge >= 0.3 is 0 Å². The second kappa shape index (κ2) is 9.01. The number of nitrogens with two attached hydrogens (primary N) is 1. The van der Waals surface area contributed by atoms with Gasteiger partial charge in [0.05, 0.1) is 13.2 Å². The van der Waals surface area contributed by atoms with Gasteiger partial charge in [-0.1, -0.05) is 46.2 Å². The van der Waals surface area contributed by atoms with Crippen LogP contribution < -0.4 is 15.8 Å². The molecule has 0 aliphatic carbocycles. The molecular weight excluding hydrogens is 300 g/mol. The summed E-state index contributed by atoms with van der Waals surface area (Å²) < 4.78 is 5.25. The van der Waals surface area contributed by atoms with E-state index in [2.05, 4.69) is 19.2 Å². The van der Waals surface area contributed by atoms with Crippen molar-refractivity contribution in [2.75, 3.05) is 13.7 Å². The fourth-order valence-electron chi connectivity index (χ4n) is 2.08. The number of halogens is 1. The standard InChI is InChI=1S/C17H28N2O2.ClH/c1-6-12(2)15(18)16(20)19-11-17(3,4)13-8-7-9-14(10-13)21-5;/h7-10,12,15H,6,11,18H2,1-5H3,(H,19,20);1H. The van der Waals surface area contributed by atoms with E-state index in [1.165, 1.54) is 0 Å². The molecule has 1 aromatic rings. The van der Waals surface area contributed by atoms with Crippen molar-refractivity contribution in [3.05, 3.63) is 29.8 Å². The van der Waals surface area contributed by atoms with Gasteiger partial charge in [-0.2, -0.15) is 0 Å². The number of hydrogen-bond acceptors (Lipinski definition) is 3. The molecule has 3 N–H and O–H groups in total. The van der Waals surface area contributed by atoms with Gasteiger partial charge in [0.25, 0.3) is 0 Å². The summed E-state index contributed by atoms with van der Waals surface area (Å²) in [6.07, 6.45) is 0.897. The zero-order valence-electron chi connectivity index (χ0n) is 14.2. The quantitative estimate of drug-likeness (QED) is 0.809. The van der Waals surface area contributed by atoms with E-state index in [1.807, 2.05) is 38.1 Å². The lowest BCUT2D eigenvalue weighted by molar-refractivity contribution is -0.123. The van der Waals surface area contributed by atoms with Crippen LogP contribution in [0.2, 0.25) is 0 Å². The molecule has 22 heavy (non-hydrogen) atoms. The van der Waals surface area contributed by atoms with Crippen molar-refractivity contribution in [2.24, 2.45) is 11.7 Å². The van der Waals surface area contributed by atoms with Crippen molar-refractivity contribution in [3.8, 4) is 5.75 Å². The maximum atomic E-state index is 12.1. The zero-order chi connectivity index (χ0) is 16.0. The number of rotatable bonds is 7. The molecule has 0 aliphatic heterocycles. The Morgan fingerprint density at radius 1 is 1.41 bits per heavy atom. The second-order valence-electron chi connectivity index (χ2n) is 6.24. The molecule has 0 saturated heterocycles. The van der Waals surface area contributed by atoms with Crippen LogP contribution >= 0.6 is 12.4 Å². The summed E-state index contributed by atoms with van der Waals surface area (Å²) in [5.41, 5.74) is 6.90. The topological polar surface area (TPSA) is 64.4 Å². The van der Waals surface area contributed by atoms with Crippen molar-refractivity contribution in [3.63, 3.8) is 0 Å². The van der Waals surface area contributed by atoms with Crippen molar-refractivity contribution in [1.82, 2.24) is 5.32 Å². The van der Waals surface area contributed by atoms with E-state index in [9.17, 15) is 4.79 Å². The third kappa shape index (κ3) is 5.50. The highest BCUT2D eigenvalue weighted by Crippen LogP contribution is 2.25. The number of ether oxygens (including phenoxy) is 1. The maximum absolute atomic E-state index is 12.1. The summed E-state index contributed by atoms with van der Waals surface area (Å²) in [6.45, 7) is 8.77. The lowest BCUT2D eigenvalue weighted by Gasteiger charge is -2.27. The Bertz CT molecular complexity index is 477. The van der Waals surface area contributed by atoms with Gasteiger partial charge in [0, 0.05) is 12.0 Å². The van der Waals surface area contributed by atoms with E-state index < -0.39 is 6.04 Å². The number of methoxy groups -OCH3 is 1. The van der Waals surface area contributed by atoms with Crippen LogP contribution in [0.15, 0.2) is 24.3 Å². The molecule has 0 heterocycles. The summed E-state index contributed by atoms with van der Waals surface area (Å²) in [6, 6.07) is 7.47. The lowest BCUT2D eigenvalue weighted by atomic mass is 9.84. The van der Waals surface area contributed by atoms with Crippen LogP contribution in [0.5, 0.6) is 5.75 Å². The van der Waals surface area contributed by atoms with E-state index in [-0.39, 0.29) is 29.6 Å². The molecule has 0 saturated carbocycles. The van der Waals surface area contributed by atoms with Gasteiger partial charge in [-0.25, -0.2) is 0 Å². The molecule has 0 fully saturated rings. The third-order valence-electron chi connectivity index (χ3n) is 4.12. The van der Waals surface area contributed by atoms with Gasteiger partial charge in [0.2, 0.25) is 5.91 Å². The van der Waals surface area contributed by atoms with E-state index >= 15 is 0 Å². The Morgan fingerprint density at radius 3 is 2.59 bits per heavy atom. The van der Waals surface area contributed by atoms with Crippen molar-refractivity contribution in [1.29, 1.82) is 0 Å². The molecule has 1 aromatic carbocycles. The molecule has 0 bridgehead atoms. The van der Waals surface area contributed by atoms with Crippen molar-refractivity contribution in [2.45, 2.75) is 45.6 Å². The predicted octanol–water partition coefficient (Wildman–Crippen LogP) is 2.88. The van der Waals surface area contributed by atoms with E-state index in [4.69, 9.17) is 10.5 Å². The molecule has 5 heteroatoms. The molecule has 0 spiro atoms. The highest BCUT2D eigenvalue weighted by Gasteiger charge is 2.25. The Kier molecular flexibility index (Phi) is 8.49. The molecular formula is C17H29ClN2O2. The first kappa shape index (κ1) is 20.7. The van der Waals surface area contributed by atoms with Crippen LogP contribution in [0.3, 0.4) is 0 Å². The first-order valence-electron chi connectivity index (χ1n) is 7.49. The molecule has 0 radical (unpaired) electrons. The molecule has 126 valence electrons. The average molecular weight is 329 g/mol. The van der Waals surface area contributed by atoms with E-state index in [0.717, 1.165) is 17.7 Å². The minimum Gasteiger partial charge on any atom is -0.497 e. The monoisotopic (exact) mass is 328 g/mol. The first-order valence-corrected chi connectivity index (χ1v) is 7.49. The summed E-state index contributed by atoms with van der Waals surface area (Å²) >= 11 is 0.